The minimum Gasteiger partial charge on any atom is -0.151 e. The van der Waals surface area contributed by atoms with Crippen molar-refractivity contribution in [2.75, 3.05) is 6.54 Å². The normalized spacial score (nSPS) is 13.4. The summed E-state index contributed by atoms with van der Waals surface area (Å²) in [6.45, 7) is 2.50. The molecule has 0 aliphatic rings. The van der Waals surface area contributed by atoms with E-state index in [0.29, 0.717) is 10.5 Å². The monoisotopic (exact) mass is 213 g/mol. The highest BCUT2D eigenvalue weighted by atomic mass is 127. The zero-order valence-electron chi connectivity index (χ0n) is 4.22. The second-order valence-electron chi connectivity index (χ2n) is 1.32. The summed E-state index contributed by atoms with van der Waals surface area (Å²) in [6, 6.07) is 0. The fourth-order valence-electron chi connectivity index (χ4n) is 0.210. The Morgan fingerprint density at radius 1 is 1.86 bits per heavy atom. The van der Waals surface area contributed by atoms with Gasteiger partial charge in [-0.25, -0.2) is 0 Å². The van der Waals surface area contributed by atoms with Gasteiger partial charge in [0, 0.05) is 3.92 Å². The van der Waals surface area contributed by atoms with Gasteiger partial charge in [0.15, 0.2) is 0 Å². The Bertz CT molecular complexity index is 57.7. The van der Waals surface area contributed by atoms with E-state index in [1.54, 1.807) is 0 Å². The van der Waals surface area contributed by atoms with Crippen LogP contribution in [0.2, 0.25) is 0 Å². The highest BCUT2D eigenvalue weighted by molar-refractivity contribution is 14.1. The van der Waals surface area contributed by atoms with Gasteiger partial charge in [0.1, 0.15) is 0 Å². The molecule has 0 aliphatic carbocycles. The Morgan fingerprint density at radius 2 is 2.43 bits per heavy atom. The Balaban J connectivity index is 2.98. The van der Waals surface area contributed by atoms with Crippen LogP contribution in [0.1, 0.15) is 13.3 Å². The van der Waals surface area contributed by atoms with Crippen LogP contribution in [-0.2, 0) is 0 Å². The Labute approximate surface area is 56.8 Å². The van der Waals surface area contributed by atoms with Crippen molar-refractivity contribution in [3.8, 4) is 0 Å². The quantitative estimate of drug-likeness (QED) is 0.400. The molecule has 1 unspecified atom stereocenters. The second-order valence-corrected chi connectivity index (χ2v) is 3.08. The lowest BCUT2D eigenvalue weighted by Gasteiger charge is -1.94. The largest absolute Gasteiger partial charge is 0.151 e. The lowest BCUT2D eigenvalue weighted by Crippen LogP contribution is -1.97. The van der Waals surface area contributed by atoms with Crippen LogP contribution in [0.15, 0.2) is 5.18 Å². The molecule has 7 heavy (non-hydrogen) atoms. The van der Waals surface area contributed by atoms with E-state index in [9.17, 15) is 4.91 Å². The van der Waals surface area contributed by atoms with Gasteiger partial charge in [-0.2, -0.15) is 4.91 Å². The van der Waals surface area contributed by atoms with Crippen LogP contribution in [0.5, 0.6) is 0 Å². The summed E-state index contributed by atoms with van der Waals surface area (Å²) in [5, 5.41) is 2.75. The van der Waals surface area contributed by atoms with Gasteiger partial charge in [-0.05, 0) is 6.42 Å². The Hall–Kier alpha value is 0.330. The molecule has 0 amide bonds. The maximum absolute atomic E-state index is 9.52. The van der Waals surface area contributed by atoms with Crippen LogP contribution in [0.3, 0.4) is 0 Å². The number of hydrogen-bond donors (Lipinski definition) is 0. The number of rotatable bonds is 3. The summed E-state index contributed by atoms with van der Waals surface area (Å²) >= 11 is 2.21. The van der Waals surface area contributed by atoms with Crippen molar-refractivity contribution >= 4 is 22.6 Å². The standard InChI is InChI=1S/C4H8INO/c1-2-4(5)3-6-7/h4H,2-3H2,1H3. The van der Waals surface area contributed by atoms with E-state index in [1.165, 1.54) is 0 Å². The average molecular weight is 213 g/mol. The van der Waals surface area contributed by atoms with Gasteiger partial charge in [-0.15, -0.1) is 0 Å². The summed E-state index contributed by atoms with van der Waals surface area (Å²) in [6.07, 6.45) is 1.03. The average Bonchev–Trinajstić information content (AvgIpc) is 1.68. The van der Waals surface area contributed by atoms with Crippen LogP contribution >= 0.6 is 22.6 Å². The number of nitroso groups, excluding NO2 is 1. The van der Waals surface area contributed by atoms with Crippen molar-refractivity contribution in [2.45, 2.75) is 17.3 Å². The van der Waals surface area contributed by atoms with E-state index in [4.69, 9.17) is 0 Å². The van der Waals surface area contributed by atoms with Gasteiger partial charge in [0.05, 0.1) is 6.54 Å². The van der Waals surface area contributed by atoms with Gasteiger partial charge in [0.25, 0.3) is 0 Å². The molecule has 3 heteroatoms. The fraction of sp³-hybridized carbons (Fsp3) is 1.00. The summed E-state index contributed by atoms with van der Waals surface area (Å²) in [5.74, 6) is 0. The van der Waals surface area contributed by atoms with E-state index >= 15 is 0 Å². The van der Waals surface area contributed by atoms with Crippen LogP contribution in [-0.4, -0.2) is 10.5 Å². The molecule has 0 bridgehead atoms. The maximum Gasteiger partial charge on any atom is 0.0928 e. The topological polar surface area (TPSA) is 29.4 Å². The molecule has 0 N–H and O–H groups in total. The van der Waals surface area contributed by atoms with Crippen molar-refractivity contribution in [2.24, 2.45) is 5.18 Å². The van der Waals surface area contributed by atoms with Gasteiger partial charge < -0.3 is 0 Å². The molecule has 0 fully saturated rings. The molecular formula is C4H8INO. The van der Waals surface area contributed by atoms with Gasteiger partial charge >= 0.3 is 0 Å². The molecule has 0 radical (unpaired) electrons. The SMILES string of the molecule is CCC(I)CN=O. The maximum atomic E-state index is 9.52. The first-order valence-electron chi connectivity index (χ1n) is 2.24. The van der Waals surface area contributed by atoms with Gasteiger partial charge in [0.2, 0.25) is 0 Å². The molecular weight excluding hydrogens is 205 g/mol. The van der Waals surface area contributed by atoms with Crippen LogP contribution in [0.25, 0.3) is 0 Å². The lowest BCUT2D eigenvalue weighted by atomic mass is 10.3. The number of nitrogens with zero attached hydrogens (tertiary/aromatic N) is 1. The number of alkyl halides is 1. The first-order valence-corrected chi connectivity index (χ1v) is 3.49. The highest BCUT2D eigenvalue weighted by Gasteiger charge is 1.96. The smallest absolute Gasteiger partial charge is 0.0928 e. The zero-order valence-corrected chi connectivity index (χ0v) is 6.38. The van der Waals surface area contributed by atoms with E-state index < -0.39 is 0 Å². The number of halogens is 1. The van der Waals surface area contributed by atoms with Crippen molar-refractivity contribution < 1.29 is 0 Å². The summed E-state index contributed by atoms with van der Waals surface area (Å²) in [7, 11) is 0. The number of hydrogen-bond acceptors (Lipinski definition) is 2. The third kappa shape index (κ3) is 4.18. The first-order chi connectivity index (χ1) is 3.31. The molecule has 0 saturated heterocycles. The molecule has 0 heterocycles. The molecule has 2 nitrogen and oxygen atoms in total. The molecule has 0 aliphatic heterocycles. The van der Waals surface area contributed by atoms with Crippen LogP contribution in [0, 0.1) is 4.91 Å². The van der Waals surface area contributed by atoms with E-state index in [1.807, 2.05) is 6.92 Å². The van der Waals surface area contributed by atoms with Crippen LogP contribution in [0.4, 0.5) is 0 Å². The predicted molar refractivity (Wildman–Crippen MR) is 38.8 cm³/mol. The molecule has 0 saturated carbocycles. The molecule has 0 aromatic carbocycles. The lowest BCUT2D eigenvalue weighted by molar-refractivity contribution is 0.851. The molecule has 0 aromatic rings. The molecule has 0 spiro atoms. The summed E-state index contributed by atoms with van der Waals surface area (Å²) < 4.78 is 0.440. The van der Waals surface area contributed by atoms with Crippen molar-refractivity contribution in [3.05, 3.63) is 4.91 Å². The van der Waals surface area contributed by atoms with E-state index in [-0.39, 0.29) is 0 Å². The minimum absolute atomic E-state index is 0.440. The first kappa shape index (κ1) is 7.33. The summed E-state index contributed by atoms with van der Waals surface area (Å²) in [4.78, 5) is 9.52. The zero-order chi connectivity index (χ0) is 5.70. The Morgan fingerprint density at radius 3 is 2.57 bits per heavy atom. The molecule has 42 valence electrons. The van der Waals surface area contributed by atoms with Crippen molar-refractivity contribution in [1.29, 1.82) is 0 Å². The minimum atomic E-state index is 0.440. The highest BCUT2D eigenvalue weighted by Crippen LogP contribution is 2.03. The van der Waals surface area contributed by atoms with Crippen molar-refractivity contribution in [3.63, 3.8) is 0 Å². The third-order valence-corrected chi connectivity index (χ3v) is 1.99. The van der Waals surface area contributed by atoms with E-state index in [2.05, 4.69) is 27.8 Å². The van der Waals surface area contributed by atoms with Gasteiger partial charge in [-0.1, -0.05) is 34.7 Å². The Kier molecular flexibility index (Phi) is 4.70. The molecule has 0 rings (SSSR count). The van der Waals surface area contributed by atoms with Crippen LogP contribution < -0.4 is 0 Å². The van der Waals surface area contributed by atoms with Crippen molar-refractivity contribution in [1.82, 2.24) is 0 Å². The molecule has 0 aromatic heterocycles. The van der Waals surface area contributed by atoms with E-state index in [0.717, 1.165) is 6.42 Å². The third-order valence-electron chi connectivity index (χ3n) is 0.716. The fourth-order valence-corrected chi connectivity index (χ4v) is 0.371. The van der Waals surface area contributed by atoms with Gasteiger partial charge in [-0.3, -0.25) is 0 Å². The second kappa shape index (κ2) is 4.49. The predicted octanol–water partition coefficient (Wildman–Crippen LogP) is 1.97. The summed E-state index contributed by atoms with van der Waals surface area (Å²) in [5.41, 5.74) is 0. The molecule has 1 atom stereocenters.